The monoisotopic (exact) mass is 466 g/mol. The Hall–Kier alpha value is -2.39. The van der Waals surface area contributed by atoms with Crippen LogP contribution < -0.4 is 9.62 Å². The first kappa shape index (κ1) is 20.3. The number of carbonyl (C=O) groups is 2. The molecule has 0 aromatic heterocycles. The average Bonchev–Trinajstić information content (AvgIpc) is 3.06. The van der Waals surface area contributed by atoms with Crippen molar-refractivity contribution in [1.29, 1.82) is 0 Å². The lowest BCUT2D eigenvalue weighted by atomic mass is 10.1. The normalized spacial score (nSPS) is 13.2. The molecule has 1 aliphatic rings. The van der Waals surface area contributed by atoms with E-state index in [1.54, 1.807) is 24.3 Å². The summed E-state index contributed by atoms with van der Waals surface area (Å²) in [5, 5.41) is 2.67. The summed E-state index contributed by atoms with van der Waals surface area (Å²) in [6.07, 6.45) is 1.67. The molecule has 0 bridgehead atoms. The van der Waals surface area contributed by atoms with E-state index >= 15 is 0 Å². The number of carbonyl (C=O) groups excluding carboxylic acids is 2. The summed E-state index contributed by atoms with van der Waals surface area (Å²) < 4.78 is 30.9. The summed E-state index contributed by atoms with van der Waals surface area (Å²) in [7, 11) is -3.34. The second kappa shape index (κ2) is 7.92. The molecule has 0 fully saturated rings. The van der Waals surface area contributed by atoms with Gasteiger partial charge in [0.1, 0.15) is 0 Å². The van der Waals surface area contributed by atoms with Crippen LogP contribution in [0, 0.1) is 6.92 Å². The summed E-state index contributed by atoms with van der Waals surface area (Å²) in [5.41, 5.74) is 3.19. The third kappa shape index (κ3) is 4.53. The quantitative estimate of drug-likeness (QED) is 0.683. The molecule has 0 spiro atoms. The predicted octanol–water partition coefficient (Wildman–Crippen LogP) is 2.88. The maximum absolute atomic E-state index is 12.2. The van der Waals surface area contributed by atoms with Crippen molar-refractivity contribution in [2.75, 3.05) is 29.0 Å². The van der Waals surface area contributed by atoms with Gasteiger partial charge in [0.2, 0.25) is 10.0 Å². The number of halogens is 1. The molecule has 7 nitrogen and oxygen atoms in total. The van der Waals surface area contributed by atoms with Gasteiger partial charge in [-0.1, -0.05) is 15.9 Å². The van der Waals surface area contributed by atoms with Gasteiger partial charge in [0, 0.05) is 16.7 Å². The summed E-state index contributed by atoms with van der Waals surface area (Å²) in [5.74, 6) is -1.08. The predicted molar refractivity (Wildman–Crippen MR) is 110 cm³/mol. The minimum absolute atomic E-state index is 0.279. The van der Waals surface area contributed by atoms with Crippen LogP contribution in [0.15, 0.2) is 40.9 Å². The summed E-state index contributed by atoms with van der Waals surface area (Å²) >= 11 is 3.39. The fraction of sp³-hybridized carbons (Fsp3) is 0.263. The van der Waals surface area contributed by atoms with Crippen molar-refractivity contribution in [3.05, 3.63) is 57.6 Å². The van der Waals surface area contributed by atoms with Crippen molar-refractivity contribution in [3.8, 4) is 0 Å². The molecule has 1 aliphatic heterocycles. The molecule has 1 amide bonds. The van der Waals surface area contributed by atoms with E-state index in [1.807, 2.05) is 13.0 Å². The van der Waals surface area contributed by atoms with E-state index in [-0.39, 0.29) is 5.56 Å². The average molecular weight is 467 g/mol. The molecule has 1 heterocycles. The molecular weight excluding hydrogens is 448 g/mol. The highest BCUT2D eigenvalue weighted by atomic mass is 79.9. The van der Waals surface area contributed by atoms with E-state index in [0.717, 1.165) is 21.9 Å². The Morgan fingerprint density at radius 1 is 1.21 bits per heavy atom. The zero-order chi connectivity index (χ0) is 20.5. The van der Waals surface area contributed by atoms with Crippen LogP contribution in [0.3, 0.4) is 0 Å². The van der Waals surface area contributed by atoms with Gasteiger partial charge in [-0.3, -0.25) is 9.10 Å². The van der Waals surface area contributed by atoms with Crippen LogP contribution >= 0.6 is 15.9 Å². The first-order valence-electron chi connectivity index (χ1n) is 8.49. The van der Waals surface area contributed by atoms with Crippen molar-refractivity contribution < 1.29 is 22.7 Å². The second-order valence-electron chi connectivity index (χ2n) is 6.52. The van der Waals surface area contributed by atoms with Crippen LogP contribution in [0.25, 0.3) is 0 Å². The van der Waals surface area contributed by atoms with Crippen LogP contribution in [0.2, 0.25) is 0 Å². The number of rotatable bonds is 5. The number of anilines is 2. The molecule has 0 saturated heterocycles. The molecule has 0 aliphatic carbocycles. The number of benzene rings is 2. The highest BCUT2D eigenvalue weighted by molar-refractivity contribution is 9.10. The molecule has 0 unspecified atom stereocenters. The van der Waals surface area contributed by atoms with Gasteiger partial charge in [-0.05, 0) is 60.9 Å². The molecule has 9 heteroatoms. The summed E-state index contributed by atoms with van der Waals surface area (Å²) in [6.45, 7) is 1.83. The van der Waals surface area contributed by atoms with Crippen LogP contribution in [-0.4, -0.2) is 39.7 Å². The van der Waals surface area contributed by atoms with Crippen LogP contribution in [0.1, 0.15) is 21.5 Å². The number of hydrogen-bond acceptors (Lipinski definition) is 5. The fourth-order valence-corrected chi connectivity index (χ4v) is 4.18. The van der Waals surface area contributed by atoms with E-state index in [2.05, 4.69) is 21.2 Å². The van der Waals surface area contributed by atoms with Gasteiger partial charge in [-0.15, -0.1) is 0 Å². The molecule has 28 heavy (non-hydrogen) atoms. The maximum atomic E-state index is 12.2. The molecule has 0 radical (unpaired) electrons. The van der Waals surface area contributed by atoms with Crippen molar-refractivity contribution in [1.82, 2.24) is 0 Å². The molecular formula is C19H19BrN2O5S. The number of fused-ring (bicyclic) bond motifs is 1. The van der Waals surface area contributed by atoms with Crippen LogP contribution in [0.5, 0.6) is 0 Å². The Morgan fingerprint density at radius 2 is 1.96 bits per heavy atom. The van der Waals surface area contributed by atoms with Gasteiger partial charge in [-0.2, -0.15) is 0 Å². The number of ether oxygens (including phenoxy) is 1. The highest BCUT2D eigenvalue weighted by Crippen LogP contribution is 2.30. The fourth-order valence-electron chi connectivity index (χ4n) is 2.98. The summed E-state index contributed by atoms with van der Waals surface area (Å²) in [4.78, 5) is 24.2. The standard InChI is InChI=1S/C19H19BrN2O5S/c1-12-9-15(4-5-16(12)20)21-18(23)11-27-19(24)14-3-6-17-13(10-14)7-8-22(17)28(2,25)26/h3-6,9-10H,7-8,11H2,1-2H3,(H,21,23). The van der Waals surface area contributed by atoms with Crippen molar-refractivity contribution in [3.63, 3.8) is 0 Å². The topological polar surface area (TPSA) is 92.8 Å². The number of sulfonamides is 1. The number of esters is 1. The largest absolute Gasteiger partial charge is 0.452 e. The van der Waals surface area contributed by atoms with Crippen molar-refractivity contribution in [2.45, 2.75) is 13.3 Å². The van der Waals surface area contributed by atoms with Crippen molar-refractivity contribution >= 4 is 49.2 Å². The Morgan fingerprint density at radius 3 is 2.64 bits per heavy atom. The zero-order valence-electron chi connectivity index (χ0n) is 15.4. The van der Waals surface area contributed by atoms with Gasteiger partial charge in [-0.25, -0.2) is 13.2 Å². The molecule has 148 valence electrons. The molecule has 3 rings (SSSR count). The SMILES string of the molecule is Cc1cc(NC(=O)COC(=O)c2ccc3c(c2)CCN3S(C)(=O)=O)ccc1Br. The van der Waals surface area contributed by atoms with Crippen LogP contribution in [0.4, 0.5) is 11.4 Å². The maximum Gasteiger partial charge on any atom is 0.338 e. The van der Waals surface area contributed by atoms with E-state index < -0.39 is 28.5 Å². The van der Waals surface area contributed by atoms with Gasteiger partial charge in [0.15, 0.2) is 6.61 Å². The number of hydrogen-bond donors (Lipinski definition) is 1. The zero-order valence-corrected chi connectivity index (χ0v) is 17.8. The van der Waals surface area contributed by atoms with E-state index in [1.165, 1.54) is 10.4 Å². The Kier molecular flexibility index (Phi) is 5.76. The van der Waals surface area contributed by atoms with E-state index in [9.17, 15) is 18.0 Å². The van der Waals surface area contributed by atoms with Gasteiger partial charge in [0.05, 0.1) is 17.5 Å². The third-order valence-electron chi connectivity index (χ3n) is 4.34. The second-order valence-corrected chi connectivity index (χ2v) is 9.28. The smallest absolute Gasteiger partial charge is 0.338 e. The summed E-state index contributed by atoms with van der Waals surface area (Å²) in [6, 6.07) is 10.1. The number of aryl methyl sites for hydroxylation is 1. The molecule has 1 N–H and O–H groups in total. The first-order valence-corrected chi connectivity index (χ1v) is 11.1. The van der Waals surface area contributed by atoms with Crippen molar-refractivity contribution in [2.24, 2.45) is 0 Å². The first-order chi connectivity index (χ1) is 13.1. The molecule has 2 aromatic rings. The molecule has 0 saturated carbocycles. The van der Waals surface area contributed by atoms with Crippen LogP contribution in [-0.2, 0) is 26.0 Å². The highest BCUT2D eigenvalue weighted by Gasteiger charge is 2.27. The van der Waals surface area contributed by atoms with E-state index in [0.29, 0.717) is 24.3 Å². The number of amides is 1. The Bertz CT molecular complexity index is 1050. The van der Waals surface area contributed by atoms with Gasteiger partial charge < -0.3 is 10.1 Å². The van der Waals surface area contributed by atoms with Gasteiger partial charge >= 0.3 is 5.97 Å². The van der Waals surface area contributed by atoms with Gasteiger partial charge in [0.25, 0.3) is 5.91 Å². The molecule has 0 atom stereocenters. The molecule has 2 aromatic carbocycles. The van der Waals surface area contributed by atoms with E-state index in [4.69, 9.17) is 4.74 Å². The number of nitrogens with one attached hydrogen (secondary N) is 1. The third-order valence-corrected chi connectivity index (χ3v) is 6.41. The lowest BCUT2D eigenvalue weighted by molar-refractivity contribution is -0.119. The Balaban J connectivity index is 1.61. The number of nitrogens with zero attached hydrogens (tertiary/aromatic N) is 1. The lowest BCUT2D eigenvalue weighted by Crippen LogP contribution is -2.27. The minimum atomic E-state index is -3.34. The lowest BCUT2D eigenvalue weighted by Gasteiger charge is -2.16. The minimum Gasteiger partial charge on any atom is -0.452 e. The Labute approximate surface area is 171 Å².